The molecule has 0 fully saturated rings. The van der Waals surface area contributed by atoms with Crippen molar-refractivity contribution in [3.63, 3.8) is 0 Å². The first-order valence-corrected chi connectivity index (χ1v) is 9.48. The summed E-state index contributed by atoms with van der Waals surface area (Å²) in [6, 6.07) is 16.4. The molecule has 0 unspecified atom stereocenters. The topological polar surface area (TPSA) is 117 Å². The number of methoxy groups -OCH3 is 2. The molecule has 0 aromatic heterocycles. The van der Waals surface area contributed by atoms with E-state index >= 15 is 0 Å². The maximum atomic E-state index is 11.5. The quantitative estimate of drug-likeness (QED) is 0.363. The van der Waals surface area contributed by atoms with E-state index in [1.807, 2.05) is 0 Å². The first-order chi connectivity index (χ1) is 15.4. The highest BCUT2D eigenvalue weighted by Crippen LogP contribution is 2.36. The Morgan fingerprint density at radius 3 is 1.66 bits per heavy atom. The number of carboxylic acids is 1. The lowest BCUT2D eigenvalue weighted by Gasteiger charge is -2.14. The zero-order chi connectivity index (χ0) is 23.1. The predicted molar refractivity (Wildman–Crippen MR) is 115 cm³/mol. The second kappa shape index (κ2) is 10.2. The molecular weight excluding hydrogens is 418 g/mol. The van der Waals surface area contributed by atoms with Crippen molar-refractivity contribution in [3.05, 3.63) is 87.5 Å². The van der Waals surface area contributed by atoms with E-state index < -0.39 is 22.1 Å². The summed E-state index contributed by atoms with van der Waals surface area (Å²) in [6.45, 7) is 0.187. The average molecular weight is 439 g/mol. The lowest BCUT2D eigenvalue weighted by Crippen LogP contribution is -2.07. The fourth-order valence-corrected chi connectivity index (χ4v) is 2.86. The molecule has 3 aromatic rings. The fourth-order valence-electron chi connectivity index (χ4n) is 2.86. The van der Waals surface area contributed by atoms with Crippen molar-refractivity contribution in [2.45, 2.75) is 13.2 Å². The monoisotopic (exact) mass is 439 g/mol. The highest BCUT2D eigenvalue weighted by Gasteiger charge is 2.25. The number of carboxylic acid groups (broad SMARTS) is 1. The van der Waals surface area contributed by atoms with Crippen LogP contribution in [0.15, 0.2) is 60.7 Å². The minimum absolute atomic E-state index is 0.0611. The van der Waals surface area contributed by atoms with E-state index in [-0.39, 0.29) is 24.7 Å². The highest BCUT2D eigenvalue weighted by atomic mass is 16.6. The van der Waals surface area contributed by atoms with Crippen LogP contribution in [0.5, 0.6) is 23.0 Å². The zero-order valence-corrected chi connectivity index (χ0v) is 17.4. The van der Waals surface area contributed by atoms with Gasteiger partial charge in [0.2, 0.25) is 0 Å². The first-order valence-electron chi connectivity index (χ1n) is 9.48. The van der Waals surface area contributed by atoms with Gasteiger partial charge in [-0.1, -0.05) is 24.3 Å². The number of rotatable bonds is 10. The molecule has 1 N–H and O–H groups in total. The van der Waals surface area contributed by atoms with Gasteiger partial charge in [-0.3, -0.25) is 10.1 Å². The van der Waals surface area contributed by atoms with E-state index in [9.17, 15) is 20.0 Å². The number of aromatic carboxylic acids is 1. The molecule has 166 valence electrons. The van der Waals surface area contributed by atoms with Crippen LogP contribution in [-0.2, 0) is 13.2 Å². The molecule has 0 aliphatic carbocycles. The predicted octanol–water partition coefficient (Wildman–Crippen LogP) is 4.47. The molecular formula is C23H21NO8. The van der Waals surface area contributed by atoms with Gasteiger partial charge >= 0.3 is 5.97 Å². The second-order valence-corrected chi connectivity index (χ2v) is 6.65. The van der Waals surface area contributed by atoms with Crippen LogP contribution in [0.1, 0.15) is 21.5 Å². The molecule has 0 radical (unpaired) electrons. The van der Waals surface area contributed by atoms with Crippen molar-refractivity contribution in [2.24, 2.45) is 0 Å². The van der Waals surface area contributed by atoms with Gasteiger partial charge in [0.1, 0.15) is 30.3 Å². The molecule has 0 atom stereocenters. The standard InChI is InChI=1S/C23H21NO8/c1-29-17-7-3-15(4-8-17)13-31-21-11-19(23(25)26)20(24(27)28)12-22(21)32-14-16-5-9-18(30-2)10-6-16/h3-12H,13-14H2,1-2H3,(H,25,26). The molecule has 0 aliphatic heterocycles. The van der Waals surface area contributed by atoms with Gasteiger partial charge in [0, 0.05) is 6.07 Å². The van der Waals surface area contributed by atoms with E-state index in [2.05, 4.69) is 0 Å². The van der Waals surface area contributed by atoms with E-state index in [0.717, 1.165) is 23.3 Å². The molecule has 0 spiro atoms. The van der Waals surface area contributed by atoms with Crippen molar-refractivity contribution in [3.8, 4) is 23.0 Å². The highest BCUT2D eigenvalue weighted by molar-refractivity contribution is 5.93. The molecule has 0 heterocycles. The number of ether oxygens (including phenoxy) is 4. The summed E-state index contributed by atoms with van der Waals surface area (Å²) >= 11 is 0. The number of nitro benzene ring substituents is 1. The Bertz CT molecular complexity index is 1010. The smallest absolute Gasteiger partial charge is 0.342 e. The van der Waals surface area contributed by atoms with Gasteiger partial charge in [-0.15, -0.1) is 0 Å². The van der Waals surface area contributed by atoms with Crippen LogP contribution < -0.4 is 18.9 Å². The van der Waals surface area contributed by atoms with Gasteiger partial charge in [-0.05, 0) is 35.4 Å². The Labute approximate surface area is 183 Å². The van der Waals surface area contributed by atoms with Crippen LogP contribution in [0.25, 0.3) is 0 Å². The van der Waals surface area contributed by atoms with E-state index in [1.165, 1.54) is 0 Å². The summed E-state index contributed by atoms with van der Waals surface area (Å²) in [5, 5.41) is 20.8. The Kier molecular flexibility index (Phi) is 7.12. The molecule has 9 nitrogen and oxygen atoms in total. The summed E-state index contributed by atoms with van der Waals surface area (Å²) in [5.74, 6) is 0.0653. The second-order valence-electron chi connectivity index (χ2n) is 6.65. The van der Waals surface area contributed by atoms with Crippen LogP contribution >= 0.6 is 0 Å². The Hall–Kier alpha value is -4.27. The third kappa shape index (κ3) is 5.45. The Morgan fingerprint density at radius 1 is 0.844 bits per heavy atom. The van der Waals surface area contributed by atoms with Gasteiger partial charge < -0.3 is 24.1 Å². The van der Waals surface area contributed by atoms with Gasteiger partial charge in [0.05, 0.1) is 25.2 Å². The van der Waals surface area contributed by atoms with Crippen LogP contribution in [0, 0.1) is 10.1 Å². The Morgan fingerprint density at radius 2 is 1.28 bits per heavy atom. The number of hydrogen-bond donors (Lipinski definition) is 1. The van der Waals surface area contributed by atoms with Crippen LogP contribution in [0.3, 0.4) is 0 Å². The summed E-state index contributed by atoms with van der Waals surface area (Å²) in [7, 11) is 3.11. The number of benzene rings is 3. The number of nitrogens with zero attached hydrogens (tertiary/aromatic N) is 1. The maximum absolute atomic E-state index is 11.5. The van der Waals surface area contributed by atoms with E-state index in [0.29, 0.717) is 11.5 Å². The van der Waals surface area contributed by atoms with Crippen LogP contribution in [0.4, 0.5) is 5.69 Å². The molecule has 0 amide bonds. The summed E-state index contributed by atoms with van der Waals surface area (Å²) in [4.78, 5) is 22.2. The van der Waals surface area contributed by atoms with Crippen molar-refractivity contribution >= 4 is 11.7 Å². The van der Waals surface area contributed by atoms with Gasteiger partial charge in [-0.25, -0.2) is 4.79 Å². The molecule has 32 heavy (non-hydrogen) atoms. The number of nitro groups is 1. The SMILES string of the molecule is COc1ccc(COc2cc(C(=O)O)c([N+](=O)[O-])cc2OCc2ccc(OC)cc2)cc1. The molecule has 0 bridgehead atoms. The fraction of sp³-hybridized carbons (Fsp3) is 0.174. The lowest BCUT2D eigenvalue weighted by molar-refractivity contribution is -0.385. The van der Waals surface area contributed by atoms with Crippen molar-refractivity contribution < 1.29 is 33.8 Å². The average Bonchev–Trinajstić information content (AvgIpc) is 2.81. The molecule has 0 saturated carbocycles. The van der Waals surface area contributed by atoms with Crippen LogP contribution in [-0.4, -0.2) is 30.2 Å². The summed E-state index contributed by atoms with van der Waals surface area (Å²) in [6.07, 6.45) is 0. The van der Waals surface area contributed by atoms with Crippen molar-refractivity contribution in [2.75, 3.05) is 14.2 Å². The summed E-state index contributed by atoms with van der Waals surface area (Å²) in [5.41, 5.74) is 0.509. The van der Waals surface area contributed by atoms with Crippen LogP contribution in [0.2, 0.25) is 0 Å². The van der Waals surface area contributed by atoms with E-state index in [4.69, 9.17) is 18.9 Å². The molecule has 9 heteroatoms. The molecule has 3 rings (SSSR count). The minimum Gasteiger partial charge on any atom is -0.497 e. The third-order valence-corrected chi connectivity index (χ3v) is 4.60. The minimum atomic E-state index is -1.44. The first kappa shape index (κ1) is 22.4. The largest absolute Gasteiger partial charge is 0.497 e. The lowest BCUT2D eigenvalue weighted by atomic mass is 10.1. The molecule has 0 aliphatic rings. The van der Waals surface area contributed by atoms with Crippen molar-refractivity contribution in [1.82, 2.24) is 0 Å². The van der Waals surface area contributed by atoms with Gasteiger partial charge in [0.15, 0.2) is 11.5 Å². The summed E-state index contributed by atoms with van der Waals surface area (Å²) < 4.78 is 21.8. The Balaban J connectivity index is 1.87. The molecule has 3 aromatic carbocycles. The van der Waals surface area contributed by atoms with E-state index in [1.54, 1.807) is 62.8 Å². The van der Waals surface area contributed by atoms with Gasteiger partial charge in [-0.2, -0.15) is 0 Å². The van der Waals surface area contributed by atoms with Crippen molar-refractivity contribution in [1.29, 1.82) is 0 Å². The maximum Gasteiger partial charge on any atom is 0.342 e. The zero-order valence-electron chi connectivity index (χ0n) is 17.4. The van der Waals surface area contributed by atoms with Gasteiger partial charge in [0.25, 0.3) is 5.69 Å². The third-order valence-electron chi connectivity index (χ3n) is 4.60. The normalized spacial score (nSPS) is 10.3. The molecule has 0 saturated heterocycles. The number of carbonyl (C=O) groups is 1. The number of hydrogen-bond acceptors (Lipinski definition) is 7.